The van der Waals surface area contributed by atoms with Crippen LogP contribution >= 0.6 is 0 Å². The average Bonchev–Trinajstić information content (AvgIpc) is 2.70. The number of nitrogens with zero attached hydrogens (tertiary/aromatic N) is 2. The molecule has 0 saturated carbocycles. The van der Waals surface area contributed by atoms with Crippen LogP contribution in [-0.2, 0) is 13.5 Å². The van der Waals surface area contributed by atoms with Gasteiger partial charge in [-0.3, -0.25) is 0 Å². The van der Waals surface area contributed by atoms with Gasteiger partial charge >= 0.3 is 0 Å². The minimum absolute atomic E-state index is 0.0702. The van der Waals surface area contributed by atoms with Gasteiger partial charge in [-0.05, 0) is 18.6 Å². The number of aliphatic hydroxyl groups is 1. The molecule has 0 saturated heterocycles. The van der Waals surface area contributed by atoms with Gasteiger partial charge in [0.25, 0.3) is 0 Å². The van der Waals surface area contributed by atoms with E-state index in [-0.39, 0.29) is 12.0 Å². The number of aliphatic hydroxyl groups excluding tert-OH is 1. The largest absolute Gasteiger partial charge is 0.388 e. The molecule has 0 bridgehead atoms. The van der Waals surface area contributed by atoms with E-state index in [1.807, 2.05) is 0 Å². The number of rotatable bonds is 3. The van der Waals surface area contributed by atoms with Gasteiger partial charge in [0.1, 0.15) is 17.5 Å². The third-order valence-electron chi connectivity index (χ3n) is 2.95. The second-order valence-electron chi connectivity index (χ2n) is 4.27. The third kappa shape index (κ3) is 2.26. The van der Waals surface area contributed by atoms with Crippen molar-refractivity contribution in [2.75, 3.05) is 0 Å². The highest BCUT2D eigenvalue weighted by atomic mass is 19.1. The van der Waals surface area contributed by atoms with Crippen LogP contribution in [0.1, 0.15) is 23.1 Å². The van der Waals surface area contributed by atoms with Gasteiger partial charge in [-0.25, -0.2) is 13.8 Å². The molecule has 2 rings (SSSR count). The quantitative estimate of drug-likeness (QED) is 0.910. The zero-order valence-electron chi connectivity index (χ0n) is 10.2. The van der Waals surface area contributed by atoms with E-state index in [1.165, 1.54) is 13.0 Å². The van der Waals surface area contributed by atoms with Crippen molar-refractivity contribution in [3.05, 3.63) is 53.1 Å². The molecule has 1 unspecified atom stereocenters. The molecule has 0 aliphatic carbocycles. The van der Waals surface area contributed by atoms with Crippen molar-refractivity contribution in [3.63, 3.8) is 0 Å². The predicted molar refractivity (Wildman–Crippen MR) is 63.0 cm³/mol. The molecular formula is C13H14F2N2O. The minimum Gasteiger partial charge on any atom is -0.388 e. The maximum atomic E-state index is 13.8. The van der Waals surface area contributed by atoms with Crippen LogP contribution in [0.15, 0.2) is 24.5 Å². The summed E-state index contributed by atoms with van der Waals surface area (Å²) in [5, 5.41) is 9.97. The molecule has 1 heterocycles. The Labute approximate surface area is 104 Å². The van der Waals surface area contributed by atoms with Crippen molar-refractivity contribution in [1.29, 1.82) is 0 Å². The molecule has 1 aromatic carbocycles. The Bertz CT molecular complexity index is 566. The maximum Gasteiger partial charge on any atom is 0.134 e. The zero-order valence-corrected chi connectivity index (χ0v) is 10.2. The number of halogens is 2. The number of hydrogen-bond donors (Lipinski definition) is 1. The standard InChI is InChI=1S/C13H14F2N2O/c1-8-3-4-9(14)12(13(8)15)10(18)7-11-16-5-6-17(11)2/h3-6,10,18H,7H2,1-2H3. The van der Waals surface area contributed by atoms with Crippen LogP contribution in [0, 0.1) is 18.6 Å². The molecule has 1 aromatic heterocycles. The molecule has 0 aliphatic heterocycles. The molecule has 2 aromatic rings. The van der Waals surface area contributed by atoms with Crippen LogP contribution in [0.25, 0.3) is 0 Å². The Balaban J connectivity index is 2.32. The lowest BCUT2D eigenvalue weighted by molar-refractivity contribution is 0.164. The van der Waals surface area contributed by atoms with Crippen molar-refractivity contribution in [1.82, 2.24) is 9.55 Å². The van der Waals surface area contributed by atoms with Gasteiger partial charge in [0.15, 0.2) is 0 Å². The lowest BCUT2D eigenvalue weighted by Gasteiger charge is -2.14. The number of hydrogen-bond acceptors (Lipinski definition) is 2. The van der Waals surface area contributed by atoms with E-state index in [1.54, 1.807) is 24.0 Å². The topological polar surface area (TPSA) is 38.1 Å². The molecule has 96 valence electrons. The van der Waals surface area contributed by atoms with Gasteiger partial charge < -0.3 is 9.67 Å². The van der Waals surface area contributed by atoms with Crippen molar-refractivity contribution in [2.45, 2.75) is 19.4 Å². The van der Waals surface area contributed by atoms with Crippen LogP contribution in [0.5, 0.6) is 0 Å². The fourth-order valence-corrected chi connectivity index (χ4v) is 1.85. The monoisotopic (exact) mass is 252 g/mol. The second-order valence-corrected chi connectivity index (χ2v) is 4.27. The summed E-state index contributed by atoms with van der Waals surface area (Å²) in [5.74, 6) is -0.862. The Morgan fingerprint density at radius 2 is 2.11 bits per heavy atom. The highest BCUT2D eigenvalue weighted by molar-refractivity contribution is 5.28. The van der Waals surface area contributed by atoms with Crippen molar-refractivity contribution < 1.29 is 13.9 Å². The average molecular weight is 252 g/mol. The van der Waals surface area contributed by atoms with E-state index in [0.29, 0.717) is 11.4 Å². The summed E-state index contributed by atoms with van der Waals surface area (Å²) < 4.78 is 29.1. The Morgan fingerprint density at radius 1 is 1.39 bits per heavy atom. The van der Waals surface area contributed by atoms with Crippen LogP contribution in [0.2, 0.25) is 0 Å². The normalized spacial score (nSPS) is 12.7. The second kappa shape index (κ2) is 4.86. The minimum atomic E-state index is -1.24. The lowest BCUT2D eigenvalue weighted by atomic mass is 10.0. The summed E-state index contributed by atoms with van der Waals surface area (Å²) in [7, 11) is 1.76. The zero-order chi connectivity index (χ0) is 13.3. The van der Waals surface area contributed by atoms with Gasteiger partial charge in [0.05, 0.1) is 11.7 Å². The highest BCUT2D eigenvalue weighted by Crippen LogP contribution is 2.25. The van der Waals surface area contributed by atoms with E-state index in [9.17, 15) is 13.9 Å². The first-order valence-electron chi connectivity index (χ1n) is 5.59. The van der Waals surface area contributed by atoms with Gasteiger partial charge in [-0.2, -0.15) is 0 Å². The van der Waals surface area contributed by atoms with E-state index in [4.69, 9.17) is 0 Å². The molecular weight excluding hydrogens is 238 g/mol. The number of imidazole rings is 1. The van der Waals surface area contributed by atoms with E-state index in [0.717, 1.165) is 6.07 Å². The van der Waals surface area contributed by atoms with Crippen molar-refractivity contribution >= 4 is 0 Å². The molecule has 0 aliphatic rings. The molecule has 0 amide bonds. The van der Waals surface area contributed by atoms with Gasteiger partial charge in [0, 0.05) is 25.9 Å². The first-order valence-corrected chi connectivity index (χ1v) is 5.59. The van der Waals surface area contributed by atoms with E-state index >= 15 is 0 Å². The maximum absolute atomic E-state index is 13.8. The van der Waals surface area contributed by atoms with Crippen LogP contribution < -0.4 is 0 Å². The summed E-state index contributed by atoms with van der Waals surface area (Å²) in [6.07, 6.45) is 2.11. The summed E-state index contributed by atoms with van der Waals surface area (Å²) in [6, 6.07) is 2.51. The summed E-state index contributed by atoms with van der Waals surface area (Å²) >= 11 is 0. The molecule has 1 N–H and O–H groups in total. The van der Waals surface area contributed by atoms with Gasteiger partial charge in [0.2, 0.25) is 0 Å². The van der Waals surface area contributed by atoms with Crippen molar-refractivity contribution in [3.8, 4) is 0 Å². The summed E-state index contributed by atoms with van der Waals surface area (Å²) in [5.41, 5.74) is 0.0169. The Kier molecular flexibility index (Phi) is 3.43. The molecule has 0 spiro atoms. The molecule has 18 heavy (non-hydrogen) atoms. The van der Waals surface area contributed by atoms with Gasteiger partial charge in [-0.15, -0.1) is 0 Å². The molecule has 3 nitrogen and oxygen atoms in total. The van der Waals surface area contributed by atoms with Crippen LogP contribution in [0.4, 0.5) is 8.78 Å². The lowest BCUT2D eigenvalue weighted by Crippen LogP contribution is -2.11. The number of benzene rings is 1. The van der Waals surface area contributed by atoms with E-state index in [2.05, 4.69) is 4.98 Å². The summed E-state index contributed by atoms with van der Waals surface area (Å²) in [4.78, 5) is 4.02. The summed E-state index contributed by atoms with van der Waals surface area (Å²) in [6.45, 7) is 1.53. The molecule has 1 atom stereocenters. The number of aryl methyl sites for hydroxylation is 2. The first kappa shape index (κ1) is 12.7. The molecule has 0 fully saturated rings. The fraction of sp³-hybridized carbons (Fsp3) is 0.308. The highest BCUT2D eigenvalue weighted by Gasteiger charge is 2.21. The third-order valence-corrected chi connectivity index (χ3v) is 2.95. The van der Waals surface area contributed by atoms with Gasteiger partial charge in [-0.1, -0.05) is 6.07 Å². The smallest absolute Gasteiger partial charge is 0.134 e. The molecule has 0 radical (unpaired) electrons. The van der Waals surface area contributed by atoms with Crippen LogP contribution in [0.3, 0.4) is 0 Å². The first-order chi connectivity index (χ1) is 8.50. The fourth-order valence-electron chi connectivity index (χ4n) is 1.85. The Hall–Kier alpha value is -1.75. The van der Waals surface area contributed by atoms with Crippen molar-refractivity contribution in [2.24, 2.45) is 7.05 Å². The van der Waals surface area contributed by atoms with Crippen LogP contribution in [-0.4, -0.2) is 14.7 Å². The Morgan fingerprint density at radius 3 is 2.72 bits per heavy atom. The SMILES string of the molecule is Cc1ccc(F)c(C(O)Cc2nccn2C)c1F. The number of aromatic nitrogens is 2. The predicted octanol–water partition coefficient (Wildman–Crippen LogP) is 2.28. The molecule has 5 heteroatoms. The van der Waals surface area contributed by atoms with E-state index < -0.39 is 17.7 Å².